The first kappa shape index (κ1) is 22.4. The molecule has 2 aromatic carbocycles. The van der Waals surface area contributed by atoms with Crippen molar-refractivity contribution in [2.75, 3.05) is 28.3 Å². The SMILES string of the molecule is COC(=O)N(C)Cc1ccc(C#CC#Cc2ccc(CN(C)C(=O)OC)cc2)cc1. The molecular formula is C24H24N2O4. The Morgan fingerprint density at radius 1 is 0.700 bits per heavy atom. The topological polar surface area (TPSA) is 59.1 Å². The highest BCUT2D eigenvalue weighted by Gasteiger charge is 2.08. The van der Waals surface area contributed by atoms with Gasteiger partial charge in [0.15, 0.2) is 0 Å². The maximum absolute atomic E-state index is 11.4. The van der Waals surface area contributed by atoms with Crippen LogP contribution in [-0.2, 0) is 22.6 Å². The van der Waals surface area contributed by atoms with E-state index >= 15 is 0 Å². The highest BCUT2D eigenvalue weighted by molar-refractivity contribution is 5.67. The summed E-state index contributed by atoms with van der Waals surface area (Å²) in [6.07, 6.45) is -0.754. The van der Waals surface area contributed by atoms with E-state index in [-0.39, 0.29) is 12.2 Å². The van der Waals surface area contributed by atoms with Gasteiger partial charge in [-0.05, 0) is 47.2 Å². The van der Waals surface area contributed by atoms with Crippen LogP contribution in [0, 0.1) is 23.7 Å². The Kier molecular flexibility index (Phi) is 8.35. The summed E-state index contributed by atoms with van der Waals surface area (Å²) < 4.78 is 9.35. The summed E-state index contributed by atoms with van der Waals surface area (Å²) in [5.74, 6) is 11.7. The van der Waals surface area contributed by atoms with Crippen LogP contribution < -0.4 is 0 Å². The predicted octanol–water partition coefficient (Wildman–Crippen LogP) is 3.49. The van der Waals surface area contributed by atoms with Gasteiger partial charge in [0.1, 0.15) is 0 Å². The molecule has 0 spiro atoms. The second kappa shape index (κ2) is 11.2. The van der Waals surface area contributed by atoms with Gasteiger partial charge in [-0.1, -0.05) is 36.1 Å². The van der Waals surface area contributed by atoms with Crippen molar-refractivity contribution in [3.8, 4) is 23.7 Å². The Balaban J connectivity index is 1.93. The summed E-state index contributed by atoms with van der Waals surface area (Å²) in [6.45, 7) is 0.928. The van der Waals surface area contributed by atoms with Crippen molar-refractivity contribution in [2.24, 2.45) is 0 Å². The van der Waals surface area contributed by atoms with E-state index < -0.39 is 0 Å². The summed E-state index contributed by atoms with van der Waals surface area (Å²) in [4.78, 5) is 25.8. The summed E-state index contributed by atoms with van der Waals surface area (Å²) in [5, 5.41) is 0. The van der Waals surface area contributed by atoms with E-state index in [1.54, 1.807) is 14.1 Å². The summed E-state index contributed by atoms with van der Waals surface area (Å²) in [6, 6.07) is 15.2. The first-order valence-corrected chi connectivity index (χ1v) is 9.21. The minimum atomic E-state index is -0.377. The fourth-order valence-corrected chi connectivity index (χ4v) is 2.58. The molecule has 154 valence electrons. The third kappa shape index (κ3) is 6.92. The van der Waals surface area contributed by atoms with Crippen LogP contribution in [0.15, 0.2) is 48.5 Å². The molecule has 0 aliphatic carbocycles. The molecule has 0 N–H and O–H groups in total. The summed E-state index contributed by atoms with van der Waals surface area (Å²) in [5.41, 5.74) is 3.65. The molecule has 2 rings (SSSR count). The molecule has 0 aliphatic heterocycles. The third-order valence-electron chi connectivity index (χ3n) is 4.20. The monoisotopic (exact) mass is 404 g/mol. The van der Waals surface area contributed by atoms with Gasteiger partial charge in [-0.2, -0.15) is 0 Å². The van der Waals surface area contributed by atoms with E-state index in [4.69, 9.17) is 0 Å². The zero-order chi connectivity index (χ0) is 21.9. The number of amides is 2. The van der Waals surface area contributed by atoms with Crippen molar-refractivity contribution < 1.29 is 19.1 Å². The van der Waals surface area contributed by atoms with Crippen molar-refractivity contribution in [1.29, 1.82) is 0 Å². The van der Waals surface area contributed by atoms with Crippen LogP contribution in [0.4, 0.5) is 9.59 Å². The van der Waals surface area contributed by atoms with Crippen LogP contribution in [0.1, 0.15) is 22.3 Å². The normalized spacial score (nSPS) is 9.33. The first-order chi connectivity index (χ1) is 14.4. The van der Waals surface area contributed by atoms with E-state index in [9.17, 15) is 9.59 Å². The molecule has 0 fully saturated rings. The van der Waals surface area contributed by atoms with Crippen molar-refractivity contribution in [3.05, 3.63) is 70.8 Å². The smallest absolute Gasteiger partial charge is 0.409 e. The van der Waals surface area contributed by atoms with Gasteiger partial charge in [-0.15, -0.1) is 0 Å². The fourth-order valence-electron chi connectivity index (χ4n) is 2.58. The van der Waals surface area contributed by atoms with E-state index in [0.717, 1.165) is 22.3 Å². The van der Waals surface area contributed by atoms with Gasteiger partial charge in [0.25, 0.3) is 0 Å². The Morgan fingerprint density at radius 2 is 1.03 bits per heavy atom. The van der Waals surface area contributed by atoms with Crippen LogP contribution in [0.2, 0.25) is 0 Å². The number of carbonyl (C=O) groups excluding carboxylic acids is 2. The second-order valence-corrected chi connectivity index (χ2v) is 6.55. The van der Waals surface area contributed by atoms with Crippen molar-refractivity contribution in [1.82, 2.24) is 9.80 Å². The zero-order valence-electron chi connectivity index (χ0n) is 17.6. The van der Waals surface area contributed by atoms with E-state index in [2.05, 4.69) is 33.2 Å². The lowest BCUT2D eigenvalue weighted by molar-refractivity contribution is 0.130. The number of hydrogen-bond acceptors (Lipinski definition) is 4. The number of benzene rings is 2. The van der Waals surface area contributed by atoms with Crippen LogP contribution >= 0.6 is 0 Å². The standard InChI is InChI=1S/C24H24N2O4/c1-25(23(27)29-3)17-21-13-9-19(10-14-21)7-5-6-8-20-11-15-22(16-12-20)18-26(2)24(28)30-4/h9-16H,17-18H2,1-4H3. The minimum Gasteiger partial charge on any atom is -0.453 e. The molecule has 2 aromatic rings. The molecular weight excluding hydrogens is 380 g/mol. The van der Waals surface area contributed by atoms with Gasteiger partial charge in [0.05, 0.1) is 14.2 Å². The van der Waals surface area contributed by atoms with E-state index in [1.165, 1.54) is 24.0 Å². The van der Waals surface area contributed by atoms with Gasteiger partial charge in [0, 0.05) is 38.3 Å². The molecule has 2 amide bonds. The van der Waals surface area contributed by atoms with E-state index in [1.807, 2.05) is 48.5 Å². The Bertz CT molecular complexity index is 906. The number of rotatable bonds is 4. The third-order valence-corrected chi connectivity index (χ3v) is 4.20. The van der Waals surface area contributed by atoms with Crippen LogP contribution in [0.3, 0.4) is 0 Å². The van der Waals surface area contributed by atoms with Crippen molar-refractivity contribution in [3.63, 3.8) is 0 Å². The maximum Gasteiger partial charge on any atom is 0.409 e. The van der Waals surface area contributed by atoms with Gasteiger partial charge in [-0.25, -0.2) is 9.59 Å². The molecule has 0 bridgehead atoms. The zero-order valence-corrected chi connectivity index (χ0v) is 17.6. The molecule has 0 unspecified atom stereocenters. The second-order valence-electron chi connectivity index (χ2n) is 6.55. The molecule has 6 nitrogen and oxygen atoms in total. The Hall–Kier alpha value is -3.90. The number of methoxy groups -OCH3 is 2. The molecule has 0 atom stereocenters. The van der Waals surface area contributed by atoms with Gasteiger partial charge in [0.2, 0.25) is 0 Å². The molecule has 0 aliphatic rings. The average Bonchev–Trinajstić information content (AvgIpc) is 2.77. The van der Waals surface area contributed by atoms with Gasteiger partial charge in [-0.3, -0.25) is 0 Å². The lowest BCUT2D eigenvalue weighted by atomic mass is 10.1. The maximum atomic E-state index is 11.4. The Morgan fingerprint density at radius 3 is 1.33 bits per heavy atom. The molecule has 0 heterocycles. The van der Waals surface area contributed by atoms with Crippen molar-refractivity contribution >= 4 is 12.2 Å². The predicted molar refractivity (Wildman–Crippen MR) is 114 cm³/mol. The average molecular weight is 404 g/mol. The Labute approximate surface area is 177 Å². The first-order valence-electron chi connectivity index (χ1n) is 9.21. The number of hydrogen-bond donors (Lipinski definition) is 0. The van der Waals surface area contributed by atoms with Crippen LogP contribution in [0.25, 0.3) is 0 Å². The largest absolute Gasteiger partial charge is 0.453 e. The lowest BCUT2D eigenvalue weighted by Gasteiger charge is -2.15. The highest BCUT2D eigenvalue weighted by Crippen LogP contribution is 2.08. The van der Waals surface area contributed by atoms with Crippen LogP contribution in [-0.4, -0.2) is 50.3 Å². The van der Waals surface area contributed by atoms with Gasteiger partial charge < -0.3 is 19.3 Å². The molecule has 6 heteroatoms. The van der Waals surface area contributed by atoms with E-state index in [0.29, 0.717) is 13.1 Å². The highest BCUT2D eigenvalue weighted by atomic mass is 16.5. The van der Waals surface area contributed by atoms with Crippen LogP contribution in [0.5, 0.6) is 0 Å². The molecule has 0 saturated carbocycles. The minimum absolute atomic E-state index is 0.377. The molecule has 30 heavy (non-hydrogen) atoms. The molecule has 0 saturated heterocycles. The number of carbonyl (C=O) groups is 2. The van der Waals surface area contributed by atoms with Gasteiger partial charge >= 0.3 is 12.2 Å². The molecule has 0 radical (unpaired) electrons. The number of nitrogens with zero attached hydrogens (tertiary/aromatic N) is 2. The summed E-state index contributed by atoms with van der Waals surface area (Å²) in [7, 11) is 6.07. The number of ether oxygens (including phenoxy) is 2. The quantitative estimate of drug-likeness (QED) is 0.732. The summed E-state index contributed by atoms with van der Waals surface area (Å²) >= 11 is 0. The van der Waals surface area contributed by atoms with Crippen molar-refractivity contribution in [2.45, 2.75) is 13.1 Å². The lowest BCUT2D eigenvalue weighted by Crippen LogP contribution is -2.25. The molecule has 0 aromatic heterocycles. The fraction of sp³-hybridized carbons (Fsp3) is 0.250.